The molecule has 1 saturated carbocycles. The monoisotopic (exact) mass is 328 g/mol. The summed E-state index contributed by atoms with van der Waals surface area (Å²) in [5.41, 5.74) is 6.95. The molecule has 1 aliphatic rings. The third kappa shape index (κ3) is 5.53. The van der Waals surface area contributed by atoms with E-state index in [-0.39, 0.29) is 12.5 Å². The largest absolute Gasteiger partial charge is 0.390 e. The summed E-state index contributed by atoms with van der Waals surface area (Å²) < 4.78 is 37.5. The average molecular weight is 328 g/mol. The zero-order chi connectivity index (χ0) is 17.0. The fourth-order valence-electron chi connectivity index (χ4n) is 2.57. The summed E-state index contributed by atoms with van der Waals surface area (Å²) in [4.78, 5) is 14.0. The number of hydrogen-bond acceptors (Lipinski definition) is 2. The minimum Gasteiger partial charge on any atom is -0.342 e. The van der Waals surface area contributed by atoms with Crippen LogP contribution in [-0.4, -0.2) is 30.1 Å². The Bertz CT molecular complexity index is 514. The van der Waals surface area contributed by atoms with Crippen LogP contribution >= 0.6 is 0 Å². The van der Waals surface area contributed by atoms with Crippen LogP contribution in [0.5, 0.6) is 0 Å². The quantitative estimate of drug-likeness (QED) is 0.832. The SMILES string of the molecule is CC(C(=O)N(CCC(F)(F)F)CC1CC1)C(N)c1ccccc1. The number of rotatable bonds is 7. The van der Waals surface area contributed by atoms with Crippen molar-refractivity contribution in [3.63, 3.8) is 0 Å². The Labute approximate surface area is 134 Å². The van der Waals surface area contributed by atoms with Crippen LogP contribution in [0.3, 0.4) is 0 Å². The molecular weight excluding hydrogens is 305 g/mol. The summed E-state index contributed by atoms with van der Waals surface area (Å²) in [7, 11) is 0. The summed E-state index contributed by atoms with van der Waals surface area (Å²) in [6.07, 6.45) is -3.27. The molecule has 128 valence electrons. The molecule has 1 aromatic rings. The van der Waals surface area contributed by atoms with Crippen molar-refractivity contribution in [3.8, 4) is 0 Å². The summed E-state index contributed by atoms with van der Waals surface area (Å²) in [5, 5.41) is 0. The molecule has 1 amide bonds. The summed E-state index contributed by atoms with van der Waals surface area (Å²) in [6.45, 7) is 1.80. The summed E-state index contributed by atoms with van der Waals surface area (Å²) in [5.74, 6) is -0.505. The standard InChI is InChI=1S/C17H23F3N2O/c1-12(15(21)14-5-3-2-4-6-14)16(23)22(11-13-7-8-13)10-9-17(18,19)20/h2-6,12-13,15H,7-11,21H2,1H3. The number of hydrogen-bond donors (Lipinski definition) is 1. The number of benzene rings is 1. The molecule has 2 rings (SSSR count). The minimum atomic E-state index is -4.26. The van der Waals surface area contributed by atoms with Crippen molar-refractivity contribution in [1.82, 2.24) is 4.90 Å². The van der Waals surface area contributed by atoms with Gasteiger partial charge in [-0.25, -0.2) is 0 Å². The number of halogens is 3. The van der Waals surface area contributed by atoms with Gasteiger partial charge in [-0.1, -0.05) is 37.3 Å². The zero-order valence-corrected chi connectivity index (χ0v) is 13.2. The molecule has 3 nitrogen and oxygen atoms in total. The molecule has 0 saturated heterocycles. The molecule has 1 aliphatic carbocycles. The van der Waals surface area contributed by atoms with Crippen LogP contribution in [0.25, 0.3) is 0 Å². The third-order valence-corrected chi connectivity index (χ3v) is 4.27. The van der Waals surface area contributed by atoms with Crippen LogP contribution in [-0.2, 0) is 4.79 Å². The van der Waals surface area contributed by atoms with E-state index in [1.807, 2.05) is 30.3 Å². The van der Waals surface area contributed by atoms with Crippen molar-refractivity contribution in [2.75, 3.05) is 13.1 Å². The fourth-order valence-corrected chi connectivity index (χ4v) is 2.57. The first kappa shape index (κ1) is 17.8. The van der Waals surface area contributed by atoms with Gasteiger partial charge in [-0.15, -0.1) is 0 Å². The highest BCUT2D eigenvalue weighted by atomic mass is 19.4. The third-order valence-electron chi connectivity index (χ3n) is 4.27. The van der Waals surface area contributed by atoms with Crippen molar-refractivity contribution in [1.29, 1.82) is 0 Å². The average Bonchev–Trinajstić information content (AvgIpc) is 3.33. The number of nitrogens with zero attached hydrogens (tertiary/aromatic N) is 1. The first-order valence-electron chi connectivity index (χ1n) is 7.94. The van der Waals surface area contributed by atoms with Gasteiger partial charge in [0.2, 0.25) is 5.91 Å². The van der Waals surface area contributed by atoms with E-state index < -0.39 is 24.6 Å². The van der Waals surface area contributed by atoms with Gasteiger partial charge in [0.15, 0.2) is 0 Å². The van der Waals surface area contributed by atoms with Crippen LogP contribution in [0.15, 0.2) is 30.3 Å². The van der Waals surface area contributed by atoms with Gasteiger partial charge in [-0.2, -0.15) is 13.2 Å². The van der Waals surface area contributed by atoms with Gasteiger partial charge in [0.25, 0.3) is 0 Å². The fraction of sp³-hybridized carbons (Fsp3) is 0.588. The van der Waals surface area contributed by atoms with Gasteiger partial charge in [0.05, 0.1) is 12.3 Å². The number of amides is 1. The van der Waals surface area contributed by atoms with Gasteiger partial charge < -0.3 is 10.6 Å². The minimum absolute atomic E-state index is 0.287. The second-order valence-corrected chi connectivity index (χ2v) is 6.32. The maximum Gasteiger partial charge on any atom is 0.390 e. The second-order valence-electron chi connectivity index (χ2n) is 6.32. The normalized spacial score (nSPS) is 17.6. The highest BCUT2D eigenvalue weighted by Crippen LogP contribution is 2.32. The molecule has 0 aliphatic heterocycles. The molecular formula is C17H23F3N2O. The molecule has 2 unspecified atom stereocenters. The van der Waals surface area contributed by atoms with Crippen molar-refractivity contribution >= 4 is 5.91 Å². The van der Waals surface area contributed by atoms with E-state index in [9.17, 15) is 18.0 Å². The summed E-state index contributed by atoms with van der Waals surface area (Å²) in [6, 6.07) is 8.66. The number of carbonyl (C=O) groups excluding carboxylic acids is 1. The van der Waals surface area contributed by atoms with Crippen molar-refractivity contribution in [2.24, 2.45) is 17.6 Å². The zero-order valence-electron chi connectivity index (χ0n) is 13.2. The molecule has 0 aromatic heterocycles. The molecule has 0 bridgehead atoms. The first-order valence-corrected chi connectivity index (χ1v) is 7.94. The molecule has 1 aromatic carbocycles. The highest BCUT2D eigenvalue weighted by molar-refractivity contribution is 5.79. The smallest absolute Gasteiger partial charge is 0.342 e. The van der Waals surface area contributed by atoms with Gasteiger partial charge in [-0.3, -0.25) is 4.79 Å². The van der Waals surface area contributed by atoms with Gasteiger partial charge in [0, 0.05) is 19.1 Å². The molecule has 1 fully saturated rings. The van der Waals surface area contributed by atoms with E-state index in [2.05, 4.69) is 0 Å². The second kappa shape index (κ2) is 7.34. The van der Waals surface area contributed by atoms with Crippen molar-refractivity contribution < 1.29 is 18.0 Å². The van der Waals surface area contributed by atoms with Gasteiger partial charge in [-0.05, 0) is 24.3 Å². The van der Waals surface area contributed by atoms with Gasteiger partial charge in [0.1, 0.15) is 0 Å². The maximum atomic E-state index is 12.6. The number of nitrogens with two attached hydrogens (primary N) is 1. The van der Waals surface area contributed by atoms with E-state index >= 15 is 0 Å². The molecule has 23 heavy (non-hydrogen) atoms. The van der Waals surface area contributed by atoms with E-state index in [0.717, 1.165) is 18.4 Å². The van der Waals surface area contributed by atoms with Gasteiger partial charge >= 0.3 is 6.18 Å². The Balaban J connectivity index is 2.02. The lowest BCUT2D eigenvalue weighted by Gasteiger charge is -2.29. The van der Waals surface area contributed by atoms with Crippen molar-refractivity contribution in [2.45, 2.75) is 38.4 Å². The van der Waals surface area contributed by atoms with E-state index in [1.54, 1.807) is 6.92 Å². The lowest BCUT2D eigenvalue weighted by Crippen LogP contribution is -2.42. The van der Waals surface area contributed by atoms with E-state index in [0.29, 0.717) is 12.5 Å². The molecule has 0 heterocycles. The summed E-state index contributed by atoms with van der Waals surface area (Å²) >= 11 is 0. The first-order chi connectivity index (χ1) is 10.8. The highest BCUT2D eigenvalue weighted by Gasteiger charge is 2.34. The predicted molar refractivity (Wildman–Crippen MR) is 82.5 cm³/mol. The van der Waals surface area contributed by atoms with Crippen LogP contribution < -0.4 is 5.73 Å². The van der Waals surface area contributed by atoms with Crippen LogP contribution in [0.2, 0.25) is 0 Å². The molecule has 0 radical (unpaired) electrons. The topological polar surface area (TPSA) is 46.3 Å². The Morgan fingerprint density at radius 2 is 1.91 bits per heavy atom. The predicted octanol–water partition coefficient (Wildman–Crippen LogP) is 3.51. The van der Waals surface area contributed by atoms with Crippen LogP contribution in [0, 0.1) is 11.8 Å². The Kier molecular flexibility index (Phi) is 5.68. The molecule has 0 spiro atoms. The van der Waals surface area contributed by atoms with E-state index in [4.69, 9.17) is 5.73 Å². The Morgan fingerprint density at radius 3 is 2.43 bits per heavy atom. The Hall–Kier alpha value is -1.56. The molecule has 2 atom stereocenters. The Morgan fingerprint density at radius 1 is 1.30 bits per heavy atom. The maximum absolute atomic E-state index is 12.6. The lowest BCUT2D eigenvalue weighted by molar-refractivity contribution is -0.148. The van der Waals surface area contributed by atoms with Crippen molar-refractivity contribution in [3.05, 3.63) is 35.9 Å². The number of alkyl halides is 3. The van der Waals surface area contributed by atoms with Crippen LogP contribution in [0.1, 0.15) is 37.8 Å². The molecule has 6 heteroatoms. The molecule has 2 N–H and O–H groups in total. The lowest BCUT2D eigenvalue weighted by atomic mass is 9.94. The van der Waals surface area contributed by atoms with Crippen LogP contribution in [0.4, 0.5) is 13.2 Å². The van der Waals surface area contributed by atoms with E-state index in [1.165, 1.54) is 4.90 Å². The number of carbonyl (C=O) groups is 1.